The summed E-state index contributed by atoms with van der Waals surface area (Å²) >= 11 is 1.69. The molecule has 8 rings (SSSR count). The summed E-state index contributed by atoms with van der Waals surface area (Å²) in [4.78, 5) is 5.83. The van der Waals surface area contributed by atoms with Gasteiger partial charge in [0.05, 0.1) is 16.8 Å². The predicted molar refractivity (Wildman–Crippen MR) is 181 cm³/mol. The molecule has 0 spiro atoms. The summed E-state index contributed by atoms with van der Waals surface area (Å²) in [5, 5.41) is 7.52. The minimum absolute atomic E-state index is 0.0858. The number of allylic oxidation sites excluding steroid dienone is 4. The van der Waals surface area contributed by atoms with E-state index in [-0.39, 0.29) is 11.7 Å². The third-order valence-electron chi connectivity index (χ3n) is 8.73. The molecule has 7 aromatic rings. The van der Waals surface area contributed by atoms with Gasteiger partial charge >= 0.3 is 0 Å². The first-order valence-corrected chi connectivity index (χ1v) is 15.9. The van der Waals surface area contributed by atoms with Crippen LogP contribution >= 0.6 is 11.3 Å². The fraction of sp³-hybridized carbons (Fsp3) is 0.0769. The van der Waals surface area contributed by atoms with Crippen molar-refractivity contribution >= 4 is 17.0 Å². The molecule has 45 heavy (non-hydrogen) atoms. The molecule has 1 aliphatic rings. The Hall–Kier alpha value is -5.33. The van der Waals surface area contributed by atoms with Crippen molar-refractivity contribution in [2.75, 3.05) is 0 Å². The van der Waals surface area contributed by atoms with Gasteiger partial charge in [-0.2, -0.15) is 5.10 Å². The van der Waals surface area contributed by atoms with Gasteiger partial charge in [-0.15, -0.1) is 11.3 Å². The molecule has 0 saturated heterocycles. The first-order chi connectivity index (χ1) is 22.2. The number of nitrogens with zero attached hydrogens (tertiary/aromatic N) is 4. The molecule has 0 fully saturated rings. The highest BCUT2D eigenvalue weighted by molar-refractivity contribution is 7.13. The number of rotatable bonds is 7. The number of imidazole rings is 1. The van der Waals surface area contributed by atoms with Crippen molar-refractivity contribution in [2.24, 2.45) is 5.92 Å². The molecule has 6 heteroatoms. The highest BCUT2D eigenvalue weighted by atomic mass is 32.1. The fourth-order valence-electron chi connectivity index (χ4n) is 6.64. The maximum atomic E-state index is 14.2. The Labute approximate surface area is 265 Å². The highest BCUT2D eigenvalue weighted by Gasteiger charge is 2.44. The van der Waals surface area contributed by atoms with Crippen molar-refractivity contribution in [1.82, 2.24) is 19.2 Å². The Balaban J connectivity index is 1.42. The van der Waals surface area contributed by atoms with Gasteiger partial charge in [0.25, 0.3) is 0 Å². The summed E-state index contributed by atoms with van der Waals surface area (Å²) in [7, 11) is 0. The van der Waals surface area contributed by atoms with Gasteiger partial charge in [0, 0.05) is 35.0 Å². The Bertz CT molecular complexity index is 2100. The second kappa shape index (κ2) is 11.3. The summed E-state index contributed by atoms with van der Waals surface area (Å²) in [5.41, 5.74) is 7.15. The zero-order valence-electron chi connectivity index (χ0n) is 24.4. The number of fused-ring (bicyclic) bond motifs is 1. The molecule has 0 bridgehead atoms. The van der Waals surface area contributed by atoms with Crippen LogP contribution in [0.15, 0.2) is 157 Å². The highest BCUT2D eigenvalue weighted by Crippen LogP contribution is 2.46. The third-order valence-corrected chi connectivity index (χ3v) is 9.62. The molecule has 1 aliphatic carbocycles. The number of hydrogen-bond donors (Lipinski definition) is 0. The van der Waals surface area contributed by atoms with Crippen molar-refractivity contribution in [3.05, 3.63) is 174 Å². The third kappa shape index (κ3) is 4.66. The van der Waals surface area contributed by atoms with Crippen LogP contribution in [-0.2, 0) is 5.54 Å². The van der Waals surface area contributed by atoms with Gasteiger partial charge in [-0.3, -0.25) is 9.08 Å². The standard InChI is InChI=1S/C39H29FN4S/c40-33-21-18-28(19-22-33)38-34(29-20-23-37-41-25-35(43(37)26-29)36-17-10-24-45-36)27-44(42-38)39(30-11-4-1-5-12-30,31-13-6-2-7-14-31)32-15-8-3-9-16-32/h1-15,17-27,32H,16H2. The molecule has 0 radical (unpaired) electrons. The lowest BCUT2D eigenvalue weighted by molar-refractivity contribution is 0.293. The molecule has 1 unspecified atom stereocenters. The van der Waals surface area contributed by atoms with Crippen LogP contribution in [0.1, 0.15) is 17.5 Å². The number of benzene rings is 3. The van der Waals surface area contributed by atoms with Gasteiger partial charge in [-0.25, -0.2) is 9.37 Å². The summed E-state index contributed by atoms with van der Waals surface area (Å²) in [6.07, 6.45) is 15.9. The van der Waals surface area contributed by atoms with E-state index in [0.717, 1.165) is 56.2 Å². The number of aromatic nitrogens is 4. The second-order valence-corrected chi connectivity index (χ2v) is 12.2. The molecule has 4 aromatic heterocycles. The molecular formula is C39H29FN4S. The van der Waals surface area contributed by atoms with Crippen LogP contribution in [0.2, 0.25) is 0 Å². The first-order valence-electron chi connectivity index (χ1n) is 15.0. The topological polar surface area (TPSA) is 35.1 Å². The molecule has 0 amide bonds. The van der Waals surface area contributed by atoms with Gasteiger partial charge in [0.1, 0.15) is 22.7 Å². The molecule has 1 atom stereocenters. The van der Waals surface area contributed by atoms with Crippen molar-refractivity contribution in [3.63, 3.8) is 0 Å². The molecule has 4 heterocycles. The van der Waals surface area contributed by atoms with Crippen LogP contribution in [0.3, 0.4) is 0 Å². The van der Waals surface area contributed by atoms with E-state index < -0.39 is 5.54 Å². The minimum atomic E-state index is -0.655. The van der Waals surface area contributed by atoms with Crippen LogP contribution in [0.4, 0.5) is 4.39 Å². The zero-order valence-corrected chi connectivity index (χ0v) is 25.2. The lowest BCUT2D eigenvalue weighted by Crippen LogP contribution is -2.43. The molecule has 3 aromatic carbocycles. The Morgan fingerprint density at radius 2 is 1.49 bits per heavy atom. The minimum Gasteiger partial charge on any atom is -0.298 e. The number of pyridine rings is 1. The van der Waals surface area contributed by atoms with E-state index in [1.807, 2.05) is 18.3 Å². The second-order valence-electron chi connectivity index (χ2n) is 11.3. The van der Waals surface area contributed by atoms with Crippen LogP contribution in [-0.4, -0.2) is 19.2 Å². The van der Waals surface area contributed by atoms with Gasteiger partial charge in [0.15, 0.2) is 0 Å². The van der Waals surface area contributed by atoms with Crippen molar-refractivity contribution in [3.8, 4) is 33.0 Å². The van der Waals surface area contributed by atoms with Crippen molar-refractivity contribution in [2.45, 2.75) is 12.0 Å². The number of halogens is 1. The summed E-state index contributed by atoms with van der Waals surface area (Å²) in [6, 6.07) is 36.2. The Morgan fingerprint density at radius 3 is 2.16 bits per heavy atom. The number of thiophene rings is 1. The van der Waals surface area contributed by atoms with Gasteiger partial charge in [0.2, 0.25) is 0 Å². The van der Waals surface area contributed by atoms with E-state index in [9.17, 15) is 4.39 Å². The first kappa shape index (κ1) is 27.2. The maximum Gasteiger partial charge on any atom is 0.137 e. The Kier molecular flexibility index (Phi) is 6.84. The van der Waals surface area contributed by atoms with E-state index in [0.29, 0.717) is 0 Å². The lowest BCUT2D eigenvalue weighted by Gasteiger charge is -2.41. The largest absolute Gasteiger partial charge is 0.298 e. The molecule has 0 aliphatic heterocycles. The SMILES string of the molecule is Fc1ccc(-c2nn(C(c3ccccc3)(c3ccccc3)C3C=CC=CC3)cc2-c2ccc3ncc(-c4cccs4)n3c2)cc1. The van der Waals surface area contributed by atoms with Crippen LogP contribution < -0.4 is 0 Å². The van der Waals surface area contributed by atoms with Gasteiger partial charge < -0.3 is 0 Å². The normalized spacial score (nSPS) is 14.7. The van der Waals surface area contributed by atoms with Crippen molar-refractivity contribution < 1.29 is 4.39 Å². The quantitative estimate of drug-likeness (QED) is 0.182. The molecule has 4 nitrogen and oxygen atoms in total. The van der Waals surface area contributed by atoms with E-state index in [4.69, 9.17) is 5.10 Å². The van der Waals surface area contributed by atoms with E-state index in [1.54, 1.807) is 11.3 Å². The fourth-order valence-corrected chi connectivity index (χ4v) is 7.37. The zero-order chi connectivity index (χ0) is 30.2. The van der Waals surface area contributed by atoms with Gasteiger partial charge in [-0.05, 0) is 65.4 Å². The van der Waals surface area contributed by atoms with Crippen LogP contribution in [0, 0.1) is 11.7 Å². The summed E-state index contributed by atoms with van der Waals surface area (Å²) in [6.45, 7) is 0. The van der Waals surface area contributed by atoms with Crippen molar-refractivity contribution in [1.29, 1.82) is 0 Å². The van der Waals surface area contributed by atoms with Gasteiger partial charge in [-0.1, -0.05) is 91.0 Å². The number of hydrogen-bond acceptors (Lipinski definition) is 3. The molecule has 0 saturated carbocycles. The molecular weight excluding hydrogens is 576 g/mol. The maximum absolute atomic E-state index is 14.2. The van der Waals surface area contributed by atoms with Crippen LogP contribution in [0.25, 0.3) is 38.6 Å². The molecule has 0 N–H and O–H groups in total. The summed E-state index contributed by atoms with van der Waals surface area (Å²) < 4.78 is 18.5. The van der Waals surface area contributed by atoms with Crippen LogP contribution in [0.5, 0.6) is 0 Å². The smallest absolute Gasteiger partial charge is 0.137 e. The van der Waals surface area contributed by atoms with E-state index in [2.05, 4.69) is 141 Å². The average Bonchev–Trinajstić information content (AvgIpc) is 3.88. The predicted octanol–water partition coefficient (Wildman–Crippen LogP) is 9.66. The van der Waals surface area contributed by atoms with E-state index in [1.165, 1.54) is 12.1 Å². The Morgan fingerprint density at radius 1 is 0.756 bits per heavy atom. The van der Waals surface area contributed by atoms with E-state index >= 15 is 0 Å². The average molecular weight is 605 g/mol. The lowest BCUT2D eigenvalue weighted by atomic mass is 9.70. The summed E-state index contributed by atoms with van der Waals surface area (Å²) in [5.74, 6) is -0.190. The molecule has 218 valence electrons. The monoisotopic (exact) mass is 604 g/mol.